The molecule has 2 rings (SSSR count). The molecule has 2 N–H and O–H groups in total. The van der Waals surface area contributed by atoms with Crippen LogP contribution in [0.4, 0.5) is 5.69 Å². The molecule has 0 saturated heterocycles. The highest BCUT2D eigenvalue weighted by Gasteiger charge is 2.04. The lowest BCUT2D eigenvalue weighted by Gasteiger charge is -1.94. The van der Waals surface area contributed by atoms with Crippen molar-refractivity contribution < 1.29 is 4.79 Å². The number of aromatic nitrogens is 4. The number of allylic oxidation sites excluding steroid dienone is 1. The van der Waals surface area contributed by atoms with Gasteiger partial charge in [-0.15, -0.1) is 10.2 Å². The van der Waals surface area contributed by atoms with Crippen molar-refractivity contribution in [1.29, 1.82) is 0 Å². The second-order valence-electron chi connectivity index (χ2n) is 3.84. The van der Waals surface area contributed by atoms with Crippen LogP contribution in [0, 0.1) is 0 Å². The summed E-state index contributed by atoms with van der Waals surface area (Å²) in [6.45, 7) is 0. The van der Waals surface area contributed by atoms with Crippen molar-refractivity contribution in [2.45, 2.75) is 6.42 Å². The van der Waals surface area contributed by atoms with E-state index in [2.05, 4.69) is 15.4 Å². The zero-order valence-electron chi connectivity index (χ0n) is 9.95. The Bertz CT molecular complexity index is 570. The fraction of sp³-hybridized carbons (Fsp3) is 0.167. The number of nitrogens with zero attached hydrogens (tertiary/aromatic N) is 4. The summed E-state index contributed by atoms with van der Waals surface area (Å²) in [6, 6.07) is 7.27. The summed E-state index contributed by atoms with van der Waals surface area (Å²) in [7, 11) is 1.66. The summed E-state index contributed by atoms with van der Waals surface area (Å²) in [4.78, 5) is 13.0. The van der Waals surface area contributed by atoms with Gasteiger partial charge in [0, 0.05) is 5.69 Å². The number of nitrogens with two attached hydrogens (primary N) is 1. The van der Waals surface area contributed by atoms with Crippen LogP contribution in [0.25, 0.3) is 6.08 Å². The zero-order valence-corrected chi connectivity index (χ0v) is 9.95. The molecule has 0 bridgehead atoms. The molecule has 1 heterocycles. The molecular weight excluding hydrogens is 230 g/mol. The normalized spacial score (nSPS) is 10.9. The van der Waals surface area contributed by atoms with Crippen LogP contribution < -0.4 is 5.73 Å². The monoisotopic (exact) mass is 243 g/mol. The average Bonchev–Trinajstić information content (AvgIpc) is 2.74. The number of nitrogen functional groups attached to an aromatic ring is 1. The summed E-state index contributed by atoms with van der Waals surface area (Å²) < 4.78 is 0. The van der Waals surface area contributed by atoms with E-state index in [0.717, 1.165) is 5.56 Å². The number of hydrogen-bond donors (Lipinski definition) is 1. The Morgan fingerprint density at radius 1 is 1.39 bits per heavy atom. The first-order valence-electron chi connectivity index (χ1n) is 5.43. The Balaban J connectivity index is 1.96. The number of hydrogen-bond acceptors (Lipinski definition) is 5. The zero-order chi connectivity index (χ0) is 13.0. The SMILES string of the molecule is Cn1nnc(CC(=O)/C=C/c2ccc(N)cc2)n1. The molecule has 0 unspecified atom stereocenters. The van der Waals surface area contributed by atoms with Gasteiger partial charge in [0.05, 0.1) is 13.5 Å². The van der Waals surface area contributed by atoms with Crippen molar-refractivity contribution in [1.82, 2.24) is 20.2 Å². The van der Waals surface area contributed by atoms with E-state index in [1.54, 1.807) is 25.3 Å². The number of tetrazole rings is 1. The molecule has 0 amide bonds. The topological polar surface area (TPSA) is 86.7 Å². The van der Waals surface area contributed by atoms with Gasteiger partial charge in [0.1, 0.15) is 0 Å². The van der Waals surface area contributed by atoms with Crippen LogP contribution in [0.15, 0.2) is 30.3 Å². The van der Waals surface area contributed by atoms with Crippen LogP contribution >= 0.6 is 0 Å². The van der Waals surface area contributed by atoms with E-state index in [0.29, 0.717) is 11.5 Å². The molecule has 6 nitrogen and oxygen atoms in total. The molecule has 0 aliphatic heterocycles. The molecule has 0 aliphatic rings. The molecular formula is C12H13N5O. The molecule has 2 aromatic rings. The van der Waals surface area contributed by atoms with Gasteiger partial charge in [-0.25, -0.2) is 0 Å². The molecule has 0 radical (unpaired) electrons. The lowest BCUT2D eigenvalue weighted by Crippen LogP contribution is -2.01. The number of benzene rings is 1. The summed E-state index contributed by atoms with van der Waals surface area (Å²) in [5.41, 5.74) is 7.19. The van der Waals surface area contributed by atoms with Crippen molar-refractivity contribution in [2.75, 3.05) is 5.73 Å². The van der Waals surface area contributed by atoms with E-state index in [1.165, 1.54) is 10.9 Å². The molecule has 18 heavy (non-hydrogen) atoms. The lowest BCUT2D eigenvalue weighted by atomic mass is 10.1. The number of carbonyl (C=O) groups excluding carboxylic acids is 1. The number of ketones is 1. The second-order valence-corrected chi connectivity index (χ2v) is 3.84. The van der Waals surface area contributed by atoms with Crippen LogP contribution in [0.5, 0.6) is 0 Å². The van der Waals surface area contributed by atoms with Gasteiger partial charge in [0.2, 0.25) is 0 Å². The third kappa shape index (κ3) is 3.24. The van der Waals surface area contributed by atoms with Crippen molar-refractivity contribution in [3.63, 3.8) is 0 Å². The number of carbonyl (C=O) groups is 1. The minimum Gasteiger partial charge on any atom is -0.399 e. The Morgan fingerprint density at radius 2 is 2.11 bits per heavy atom. The van der Waals surface area contributed by atoms with Gasteiger partial charge in [-0.05, 0) is 29.0 Å². The van der Waals surface area contributed by atoms with Gasteiger partial charge in [-0.2, -0.15) is 4.80 Å². The maximum Gasteiger partial charge on any atom is 0.182 e. The Morgan fingerprint density at radius 3 is 2.72 bits per heavy atom. The van der Waals surface area contributed by atoms with Crippen molar-refractivity contribution in [3.8, 4) is 0 Å². The molecule has 0 fully saturated rings. The van der Waals surface area contributed by atoms with Crippen molar-refractivity contribution >= 4 is 17.5 Å². The molecule has 1 aromatic heterocycles. The molecule has 0 saturated carbocycles. The molecule has 6 heteroatoms. The van der Waals surface area contributed by atoms with Crippen LogP contribution in [-0.4, -0.2) is 26.0 Å². The van der Waals surface area contributed by atoms with Gasteiger partial charge in [0.25, 0.3) is 0 Å². The largest absolute Gasteiger partial charge is 0.399 e. The fourth-order valence-corrected chi connectivity index (χ4v) is 1.41. The molecule has 0 atom stereocenters. The van der Waals surface area contributed by atoms with E-state index in [4.69, 9.17) is 5.73 Å². The summed E-state index contributed by atoms with van der Waals surface area (Å²) >= 11 is 0. The first-order chi connectivity index (χ1) is 8.63. The highest BCUT2D eigenvalue weighted by atomic mass is 16.1. The smallest absolute Gasteiger partial charge is 0.182 e. The van der Waals surface area contributed by atoms with Crippen LogP contribution in [0.2, 0.25) is 0 Å². The van der Waals surface area contributed by atoms with Gasteiger partial charge in [0.15, 0.2) is 11.6 Å². The van der Waals surface area contributed by atoms with Crippen molar-refractivity contribution in [3.05, 3.63) is 41.7 Å². The number of aryl methyl sites for hydroxylation is 1. The highest BCUT2D eigenvalue weighted by molar-refractivity contribution is 5.94. The maximum atomic E-state index is 11.6. The van der Waals surface area contributed by atoms with Gasteiger partial charge >= 0.3 is 0 Å². The number of anilines is 1. The van der Waals surface area contributed by atoms with Gasteiger partial charge in [-0.3, -0.25) is 4.79 Å². The number of rotatable bonds is 4. The highest BCUT2D eigenvalue weighted by Crippen LogP contribution is 2.07. The fourth-order valence-electron chi connectivity index (χ4n) is 1.41. The predicted octanol–water partition coefficient (Wildman–Crippen LogP) is 0.617. The molecule has 92 valence electrons. The van der Waals surface area contributed by atoms with Crippen LogP contribution in [0.3, 0.4) is 0 Å². The summed E-state index contributed by atoms with van der Waals surface area (Å²) in [5, 5.41) is 11.4. The lowest BCUT2D eigenvalue weighted by molar-refractivity contribution is -0.114. The third-order valence-electron chi connectivity index (χ3n) is 2.28. The minimum absolute atomic E-state index is 0.0696. The quantitative estimate of drug-likeness (QED) is 0.628. The van der Waals surface area contributed by atoms with E-state index in [-0.39, 0.29) is 12.2 Å². The molecule has 0 spiro atoms. The first kappa shape index (κ1) is 12.0. The predicted molar refractivity (Wildman–Crippen MR) is 67.4 cm³/mol. The third-order valence-corrected chi connectivity index (χ3v) is 2.28. The standard InChI is InChI=1S/C12H13N5O/c1-17-15-12(14-16-17)8-11(18)7-4-9-2-5-10(13)6-3-9/h2-7H,8,13H2,1H3/b7-4+. The summed E-state index contributed by atoms with van der Waals surface area (Å²) in [6.07, 6.45) is 3.39. The average molecular weight is 243 g/mol. The van der Waals surface area contributed by atoms with Crippen LogP contribution in [0.1, 0.15) is 11.4 Å². The summed E-state index contributed by atoms with van der Waals surface area (Å²) in [5.74, 6) is 0.351. The maximum absolute atomic E-state index is 11.6. The van der Waals surface area contributed by atoms with E-state index >= 15 is 0 Å². The Hall–Kier alpha value is -2.50. The molecule has 0 aliphatic carbocycles. The van der Waals surface area contributed by atoms with E-state index < -0.39 is 0 Å². The minimum atomic E-state index is -0.0696. The van der Waals surface area contributed by atoms with Gasteiger partial charge in [-0.1, -0.05) is 18.2 Å². The second kappa shape index (κ2) is 5.22. The van der Waals surface area contributed by atoms with Crippen LogP contribution in [-0.2, 0) is 18.3 Å². The van der Waals surface area contributed by atoms with Crippen molar-refractivity contribution in [2.24, 2.45) is 7.05 Å². The molecule has 1 aromatic carbocycles. The Kier molecular flexibility index (Phi) is 3.47. The van der Waals surface area contributed by atoms with Gasteiger partial charge < -0.3 is 5.73 Å². The van der Waals surface area contributed by atoms with E-state index in [1.807, 2.05) is 12.1 Å². The Labute approximate surface area is 104 Å². The first-order valence-corrected chi connectivity index (χ1v) is 5.43. The van der Waals surface area contributed by atoms with E-state index in [9.17, 15) is 4.79 Å².